The molecule has 0 bridgehead atoms. The Morgan fingerprint density at radius 2 is 0.333 bits per heavy atom. The number of aromatic nitrogens is 32. The van der Waals surface area contributed by atoms with Gasteiger partial charge in [-0.2, -0.15) is 51.3 Å². The third kappa shape index (κ3) is 35.0. The summed E-state index contributed by atoms with van der Waals surface area (Å²) in [4.78, 5) is 36.9. The zero-order valence-electron chi connectivity index (χ0n) is 69.9. The zero-order chi connectivity index (χ0) is 95.6. The van der Waals surface area contributed by atoms with Crippen LogP contribution in [0.4, 0.5) is 69.1 Å². The molecule has 0 aliphatic rings. The average Bonchev–Trinajstić information content (AvgIpc) is 1.68. The number of hydrogen-bond acceptors (Lipinski definition) is 22. The van der Waals surface area contributed by atoms with Crippen LogP contribution in [0.3, 0.4) is 0 Å². The van der Waals surface area contributed by atoms with E-state index in [1.54, 1.807) is 99.2 Å². The number of hydrogen-bond donors (Lipinski definition) is 0. The minimum absolute atomic E-state index is 0. The molecule has 0 fully saturated rings. The van der Waals surface area contributed by atoms with Crippen LogP contribution in [0.5, 0.6) is 0 Å². The van der Waals surface area contributed by atoms with E-state index >= 15 is 0 Å². The number of halogens is 16. The van der Waals surface area contributed by atoms with Crippen LogP contribution in [0.2, 0.25) is 0 Å². The maximum absolute atomic E-state index is 9.75. The van der Waals surface area contributed by atoms with Gasteiger partial charge in [0.15, 0.2) is 46.5 Å². The number of rotatable bonds is 16. The van der Waals surface area contributed by atoms with Crippen molar-refractivity contribution < 1.29 is 136 Å². The second kappa shape index (κ2) is 52.5. The first kappa shape index (κ1) is 109. The molecule has 0 amide bonds. The third-order valence-electron chi connectivity index (χ3n) is 16.0. The molecule has 20 aromatic heterocycles. The molecule has 0 atom stereocenters. The summed E-state index contributed by atoms with van der Waals surface area (Å²) in [6, 6.07) is 71.5. The maximum atomic E-state index is 9.75. The first-order valence-electron chi connectivity index (χ1n) is 38.2. The van der Waals surface area contributed by atoms with E-state index in [0.717, 1.165) is 92.1 Å². The van der Waals surface area contributed by atoms with E-state index in [2.05, 4.69) is 121 Å². The van der Waals surface area contributed by atoms with Crippen LogP contribution in [0.25, 0.3) is 138 Å². The van der Waals surface area contributed by atoms with Crippen molar-refractivity contribution >= 4 is 29.0 Å². The topological polar surface area (TPSA) is 401 Å². The molecule has 0 aromatic carbocycles. The van der Waals surface area contributed by atoms with Gasteiger partial charge in [-0.1, -0.05) is 71.3 Å². The predicted octanol–water partition coefficient (Wildman–Crippen LogP) is 16.4. The Bertz CT molecular complexity index is 5790. The van der Waals surface area contributed by atoms with Gasteiger partial charge < -0.3 is 110 Å². The van der Waals surface area contributed by atoms with Crippen LogP contribution >= 0.6 is 0 Å². The largest absolute Gasteiger partial charge is 2.00 e. The quantitative estimate of drug-likeness (QED) is 0.0640. The van der Waals surface area contributed by atoms with Crippen LogP contribution < -0.4 is 20.4 Å². The Morgan fingerprint density at radius 3 is 0.457 bits per heavy atom. The van der Waals surface area contributed by atoms with E-state index in [0.29, 0.717) is 45.6 Å². The van der Waals surface area contributed by atoms with Gasteiger partial charge in [0, 0.05) is 113 Å². The summed E-state index contributed by atoms with van der Waals surface area (Å²) in [5.74, 6) is 5.78. The Hall–Kier alpha value is -16.1. The SMILES string of the molecule is CC#N.CC#N.F[B-](F)(F)F.F[B-](F)(F)F.F[B-](F)(F)F.F[B-](F)(F)F.[Co+2].[Co+2].[Co+2].[Co+2].c1cc(-c2cc(-c3cccc(-n4cccn4)n3)[n-]n2)nc(-n2cccn2)c1.c1cc(-c2cc(-c3cccc(-n4cccn4)n3)[n-]n2)nc(-n2cccn2)c1.c1cc(-c2cc(-c3cccc(-n4cccn4)n3)[n-]n2)nc(-n2cccn2)c1.c1cc(-c2cc(-c3cccc(-n4cccn4)n3)[n-]n2)nc(-n2cccn2)c1. The molecule has 0 N–H and O–H groups in total. The van der Waals surface area contributed by atoms with Crippen LogP contribution in [-0.4, -0.2) is 168 Å². The molecule has 4 radical (unpaired) electrons. The van der Waals surface area contributed by atoms with Crippen molar-refractivity contribution in [1.29, 1.82) is 10.5 Å². The molecule has 0 aliphatic carbocycles. The monoisotopic (exact) mass is 2080 g/mol. The predicted molar refractivity (Wildman–Crippen MR) is 456 cm³/mol. The molecule has 0 saturated heterocycles. The molecule has 138 heavy (non-hydrogen) atoms. The van der Waals surface area contributed by atoms with Crippen molar-refractivity contribution in [3.8, 4) is 150 Å². The van der Waals surface area contributed by atoms with Crippen LogP contribution in [0.15, 0.2) is 318 Å². The zero-order valence-corrected chi connectivity index (χ0v) is 74.1. The fraction of sp³-hybridized carbons (Fsp3) is 0.0250. The molecular formula is C80H58B4Co4F16N34. The Balaban J connectivity index is 0.000000228. The average molecular weight is 2080 g/mol. The van der Waals surface area contributed by atoms with Gasteiger partial charge in [-0.15, -0.1) is 0 Å². The van der Waals surface area contributed by atoms with Gasteiger partial charge >= 0.3 is 96.1 Å². The van der Waals surface area contributed by atoms with Crippen molar-refractivity contribution in [1.82, 2.24) is 159 Å². The molecule has 0 unspecified atom stereocenters. The fourth-order valence-corrected chi connectivity index (χ4v) is 11.0. The molecule has 20 rings (SSSR count). The first-order chi connectivity index (χ1) is 64.3. The van der Waals surface area contributed by atoms with E-state index in [9.17, 15) is 69.1 Å². The Labute approximate surface area is 810 Å². The standard InChI is InChI=1S/4C19H13N8.2C2H3N.4BF4.4Co/c4*1-5-14(22-18(7-1)26-11-3-9-20-26)16-13-17(25-24-16)15-6-2-8-19(23-15)27-12-4-10-21-27;2*1-2-3;4*2-1(3,4)5;;;;/h4*1-13H;2*1H3;;;;;;;;/q4*-1;;;4*-1;4*+2. The smallest absolute Gasteiger partial charge is 0.573 e. The third-order valence-corrected chi connectivity index (χ3v) is 16.0. The van der Waals surface area contributed by atoms with Gasteiger partial charge in [-0.05, 0) is 170 Å². The van der Waals surface area contributed by atoms with Crippen molar-refractivity contribution in [2.75, 3.05) is 0 Å². The molecule has 34 nitrogen and oxygen atoms in total. The van der Waals surface area contributed by atoms with Gasteiger partial charge in [0.05, 0.1) is 80.5 Å². The summed E-state index contributed by atoms with van der Waals surface area (Å²) in [7, 11) is -24.0. The van der Waals surface area contributed by atoms with E-state index in [1.807, 2.05) is 268 Å². The Morgan fingerprint density at radius 1 is 0.210 bits per heavy atom. The van der Waals surface area contributed by atoms with E-state index in [1.165, 1.54) is 13.8 Å². The van der Waals surface area contributed by atoms with Crippen LogP contribution in [-0.2, 0) is 67.1 Å². The van der Waals surface area contributed by atoms with Gasteiger partial charge in [0.25, 0.3) is 0 Å². The second-order valence-electron chi connectivity index (χ2n) is 25.5. The van der Waals surface area contributed by atoms with E-state index in [-0.39, 0.29) is 67.1 Å². The summed E-state index contributed by atoms with van der Waals surface area (Å²) in [6.45, 7) is 2.86. The molecular weight excluding hydrogens is 2020 g/mol. The minimum Gasteiger partial charge on any atom is -0.573 e. The minimum atomic E-state index is -6.00. The molecule has 0 aliphatic heterocycles. The first-order valence-corrected chi connectivity index (χ1v) is 38.2. The molecule has 708 valence electrons. The second-order valence-corrected chi connectivity index (χ2v) is 25.5. The molecule has 20 heterocycles. The summed E-state index contributed by atoms with van der Waals surface area (Å²) in [6.07, 6.45) is 28.5. The maximum Gasteiger partial charge on any atom is 2.00 e. The summed E-state index contributed by atoms with van der Waals surface area (Å²) >= 11 is 0. The van der Waals surface area contributed by atoms with Crippen molar-refractivity contribution in [3.05, 3.63) is 318 Å². The van der Waals surface area contributed by atoms with Crippen molar-refractivity contribution in [2.24, 2.45) is 0 Å². The van der Waals surface area contributed by atoms with E-state index < -0.39 is 29.0 Å². The number of pyridine rings is 8. The van der Waals surface area contributed by atoms with Gasteiger partial charge in [0.1, 0.15) is 0 Å². The van der Waals surface area contributed by atoms with Gasteiger partial charge in [0.2, 0.25) is 0 Å². The summed E-state index contributed by atoms with van der Waals surface area (Å²) in [5.41, 5.74) is 11.3. The Kier molecular flexibility index (Phi) is 41.4. The molecule has 58 heteroatoms. The fourth-order valence-electron chi connectivity index (χ4n) is 11.0. The summed E-state index contributed by atoms with van der Waals surface area (Å²) in [5, 5.41) is 82.5. The summed E-state index contributed by atoms with van der Waals surface area (Å²) < 4.78 is 170. The van der Waals surface area contributed by atoms with E-state index in [4.69, 9.17) is 10.5 Å². The molecule has 0 spiro atoms. The van der Waals surface area contributed by atoms with Crippen LogP contribution in [0, 0.1) is 22.7 Å². The number of nitrogens with zero attached hydrogens (tertiary/aromatic N) is 34. The normalized spacial score (nSPS) is 10.4. The molecule has 20 aromatic rings. The van der Waals surface area contributed by atoms with Gasteiger partial charge in [-0.25, -0.2) is 77.3 Å². The van der Waals surface area contributed by atoms with Crippen molar-refractivity contribution in [2.45, 2.75) is 13.8 Å². The number of nitriles is 2. The van der Waals surface area contributed by atoms with Crippen LogP contribution in [0.1, 0.15) is 13.8 Å². The van der Waals surface area contributed by atoms with Gasteiger partial charge in [-0.3, -0.25) is 0 Å². The molecule has 0 saturated carbocycles. The van der Waals surface area contributed by atoms with Crippen molar-refractivity contribution in [3.63, 3.8) is 0 Å².